The molecule has 0 N–H and O–H groups in total. The Balaban J connectivity index is 4.06. The smallest absolute Gasteiger partial charge is 0.456 e. The molecule has 4 nitrogen and oxygen atoms in total. The summed E-state index contributed by atoms with van der Waals surface area (Å²) in [6, 6.07) is 0. The van der Waals surface area contributed by atoms with Gasteiger partial charge in [-0.2, -0.15) is 22.0 Å². The molecule has 0 aliphatic heterocycles. The van der Waals surface area contributed by atoms with Gasteiger partial charge in [-0.15, -0.1) is 0 Å². The first-order chi connectivity index (χ1) is 10.4. The van der Waals surface area contributed by atoms with Gasteiger partial charge >= 0.3 is 24.0 Å². The van der Waals surface area contributed by atoms with Crippen molar-refractivity contribution >= 4 is 11.9 Å². The van der Waals surface area contributed by atoms with E-state index >= 15 is 0 Å². The van der Waals surface area contributed by atoms with E-state index < -0.39 is 37.1 Å². The number of carbonyl (C=O) groups excluding carboxylic acids is 2. The quantitative estimate of drug-likeness (QED) is 0.469. The molecule has 0 spiro atoms. The summed E-state index contributed by atoms with van der Waals surface area (Å²) in [5.74, 6) is -6.75. The molecule has 0 aromatic heterocycles. The lowest BCUT2D eigenvalue weighted by Gasteiger charge is -2.20. The fourth-order valence-corrected chi connectivity index (χ4v) is 1.62. The summed E-state index contributed by atoms with van der Waals surface area (Å²) in [4.78, 5) is 22.6. The molecule has 0 amide bonds. The second-order valence-corrected chi connectivity index (χ2v) is 5.40. The highest BCUT2D eigenvalue weighted by molar-refractivity contribution is 5.72. The van der Waals surface area contributed by atoms with Crippen molar-refractivity contribution in [3.63, 3.8) is 0 Å². The Labute approximate surface area is 131 Å². The highest BCUT2D eigenvalue weighted by atomic mass is 19.4. The van der Waals surface area contributed by atoms with Crippen LogP contribution in [-0.2, 0) is 19.1 Å². The van der Waals surface area contributed by atoms with Crippen molar-refractivity contribution in [1.29, 1.82) is 0 Å². The van der Waals surface area contributed by atoms with Crippen molar-refractivity contribution in [3.05, 3.63) is 0 Å². The van der Waals surface area contributed by atoms with Crippen LogP contribution in [0.4, 0.5) is 22.0 Å². The van der Waals surface area contributed by atoms with Crippen LogP contribution >= 0.6 is 0 Å². The Morgan fingerprint density at radius 1 is 1.00 bits per heavy atom. The molecule has 0 saturated carbocycles. The molecule has 9 heteroatoms. The Morgan fingerprint density at radius 2 is 1.52 bits per heavy atom. The summed E-state index contributed by atoms with van der Waals surface area (Å²) in [6.07, 6.45) is -6.06. The molecule has 0 fully saturated rings. The molecule has 0 rings (SSSR count). The maximum atomic E-state index is 12.5. The summed E-state index contributed by atoms with van der Waals surface area (Å²) in [5.41, 5.74) is 0. The molecule has 0 saturated heterocycles. The molecule has 0 heterocycles. The van der Waals surface area contributed by atoms with E-state index in [4.69, 9.17) is 4.74 Å². The van der Waals surface area contributed by atoms with Crippen molar-refractivity contribution in [2.24, 2.45) is 5.92 Å². The van der Waals surface area contributed by atoms with E-state index in [2.05, 4.69) is 4.74 Å². The first-order valence-corrected chi connectivity index (χ1v) is 7.20. The number of hydrogen-bond acceptors (Lipinski definition) is 4. The fraction of sp³-hybridized carbons (Fsp3) is 0.857. The number of ether oxygens (including phenoxy) is 2. The Hall–Kier alpha value is -1.41. The van der Waals surface area contributed by atoms with Crippen LogP contribution in [0, 0.1) is 5.92 Å². The maximum Gasteiger partial charge on any atom is 0.456 e. The molecule has 1 atom stereocenters. The number of rotatable bonds is 9. The fourth-order valence-electron chi connectivity index (χ4n) is 1.62. The summed E-state index contributed by atoms with van der Waals surface area (Å²) in [6.45, 7) is 3.53. The van der Waals surface area contributed by atoms with Gasteiger partial charge < -0.3 is 9.47 Å². The number of hydrogen-bond donors (Lipinski definition) is 0. The van der Waals surface area contributed by atoms with Crippen LogP contribution < -0.4 is 0 Å². The second-order valence-electron chi connectivity index (χ2n) is 5.40. The summed E-state index contributed by atoms with van der Waals surface area (Å²) in [7, 11) is 0. The normalized spacial score (nSPS) is 13.8. The van der Waals surface area contributed by atoms with E-state index in [1.807, 2.05) is 20.8 Å². The van der Waals surface area contributed by atoms with Crippen LogP contribution in [0.2, 0.25) is 0 Å². The van der Waals surface area contributed by atoms with Crippen molar-refractivity contribution in [2.45, 2.75) is 64.7 Å². The molecule has 0 bridgehead atoms. The molecule has 23 heavy (non-hydrogen) atoms. The summed E-state index contributed by atoms with van der Waals surface area (Å²) in [5, 5.41) is 0. The third-order valence-corrected chi connectivity index (χ3v) is 3.02. The van der Waals surface area contributed by atoms with Crippen LogP contribution in [-0.4, -0.2) is 36.7 Å². The van der Waals surface area contributed by atoms with E-state index in [1.54, 1.807) is 0 Å². The molecular formula is C14H21F5O4. The molecule has 0 aliphatic carbocycles. The number of halogens is 5. The van der Waals surface area contributed by atoms with Crippen molar-refractivity contribution in [1.82, 2.24) is 0 Å². The lowest BCUT2D eigenvalue weighted by Crippen LogP contribution is -2.41. The third-order valence-electron chi connectivity index (χ3n) is 3.02. The van der Waals surface area contributed by atoms with E-state index in [-0.39, 0.29) is 24.9 Å². The van der Waals surface area contributed by atoms with Gasteiger partial charge in [0.25, 0.3) is 0 Å². The van der Waals surface area contributed by atoms with E-state index in [1.165, 1.54) is 0 Å². The number of carbonyl (C=O) groups is 2. The molecule has 0 aromatic carbocycles. The molecule has 0 aliphatic rings. The number of esters is 2. The van der Waals surface area contributed by atoms with Gasteiger partial charge in [0.2, 0.25) is 0 Å². The van der Waals surface area contributed by atoms with Crippen LogP contribution in [0.5, 0.6) is 0 Å². The van der Waals surface area contributed by atoms with Gasteiger partial charge in [-0.1, -0.05) is 20.8 Å². The zero-order valence-corrected chi connectivity index (χ0v) is 13.2. The Morgan fingerprint density at radius 3 is 1.96 bits per heavy atom. The molecule has 136 valence electrons. The van der Waals surface area contributed by atoms with E-state index in [0.29, 0.717) is 6.42 Å². The minimum Gasteiger partial charge on any atom is -0.462 e. The average Bonchev–Trinajstić information content (AvgIpc) is 2.41. The van der Waals surface area contributed by atoms with E-state index in [0.717, 1.165) is 0 Å². The maximum absolute atomic E-state index is 12.5. The standard InChI is InChI=1S/C14H21F5O4/c1-4-10(9(2)3)23-12(21)7-5-6-11(20)22-8-13(15,16)14(17,18)19/h9-10H,4-8H2,1-3H3. The van der Waals surface area contributed by atoms with Gasteiger partial charge in [0.15, 0.2) is 6.61 Å². The third kappa shape index (κ3) is 8.13. The monoisotopic (exact) mass is 348 g/mol. The van der Waals surface area contributed by atoms with Crippen LogP contribution in [0.15, 0.2) is 0 Å². The van der Waals surface area contributed by atoms with Crippen molar-refractivity contribution in [2.75, 3.05) is 6.61 Å². The second kappa shape index (κ2) is 9.02. The lowest BCUT2D eigenvalue weighted by atomic mass is 10.1. The minimum absolute atomic E-state index is 0.0518. The highest BCUT2D eigenvalue weighted by Gasteiger charge is 2.58. The van der Waals surface area contributed by atoms with Gasteiger partial charge in [-0.05, 0) is 18.8 Å². The van der Waals surface area contributed by atoms with Gasteiger partial charge in [0.05, 0.1) is 0 Å². The molecule has 1 unspecified atom stereocenters. The van der Waals surface area contributed by atoms with Gasteiger partial charge in [-0.3, -0.25) is 9.59 Å². The van der Waals surface area contributed by atoms with Crippen LogP contribution in [0.1, 0.15) is 46.5 Å². The predicted octanol–water partition coefficient (Wildman–Crippen LogP) is 3.88. The van der Waals surface area contributed by atoms with Crippen LogP contribution in [0.25, 0.3) is 0 Å². The van der Waals surface area contributed by atoms with Crippen molar-refractivity contribution in [3.8, 4) is 0 Å². The lowest BCUT2D eigenvalue weighted by molar-refractivity contribution is -0.294. The zero-order chi connectivity index (χ0) is 18.3. The summed E-state index contributed by atoms with van der Waals surface area (Å²) < 4.78 is 69.7. The SMILES string of the molecule is CCC(OC(=O)CCCC(=O)OCC(F)(F)C(F)(F)F)C(C)C. The Bertz CT molecular complexity index is 393. The predicted molar refractivity (Wildman–Crippen MR) is 70.8 cm³/mol. The van der Waals surface area contributed by atoms with Gasteiger partial charge in [-0.25, -0.2) is 0 Å². The molecular weight excluding hydrogens is 327 g/mol. The van der Waals surface area contributed by atoms with E-state index in [9.17, 15) is 31.5 Å². The molecule has 0 aromatic rings. The van der Waals surface area contributed by atoms with Crippen LogP contribution in [0.3, 0.4) is 0 Å². The molecule has 0 radical (unpaired) electrons. The zero-order valence-electron chi connectivity index (χ0n) is 13.2. The first kappa shape index (κ1) is 21.6. The Kier molecular flexibility index (Phi) is 8.47. The largest absolute Gasteiger partial charge is 0.462 e. The average molecular weight is 348 g/mol. The van der Waals surface area contributed by atoms with Crippen molar-refractivity contribution < 1.29 is 41.0 Å². The van der Waals surface area contributed by atoms with Gasteiger partial charge in [0.1, 0.15) is 6.10 Å². The number of alkyl halides is 5. The summed E-state index contributed by atoms with van der Waals surface area (Å²) >= 11 is 0. The topological polar surface area (TPSA) is 52.6 Å². The van der Waals surface area contributed by atoms with Gasteiger partial charge in [0, 0.05) is 12.8 Å². The highest BCUT2D eigenvalue weighted by Crippen LogP contribution is 2.35. The first-order valence-electron chi connectivity index (χ1n) is 7.20. The minimum atomic E-state index is -5.77.